The first-order valence-electron chi connectivity index (χ1n) is 7.06. The van der Waals surface area contributed by atoms with E-state index in [2.05, 4.69) is 31.2 Å². The molecule has 0 bridgehead atoms. The molecule has 0 saturated heterocycles. The van der Waals surface area contributed by atoms with Gasteiger partial charge in [-0.15, -0.1) is 0 Å². The summed E-state index contributed by atoms with van der Waals surface area (Å²) in [6, 6.07) is 9.38. The fourth-order valence-electron chi connectivity index (χ4n) is 2.22. The van der Waals surface area contributed by atoms with Crippen LogP contribution in [0.2, 0.25) is 0 Å². The lowest BCUT2D eigenvalue weighted by molar-refractivity contribution is 0.104. The van der Waals surface area contributed by atoms with Crippen molar-refractivity contribution in [3.63, 3.8) is 0 Å². The van der Waals surface area contributed by atoms with Gasteiger partial charge in [-0.25, -0.2) is 0 Å². The molecular formula is C19H20O. The molecule has 0 saturated carbocycles. The zero-order chi connectivity index (χ0) is 14.3. The van der Waals surface area contributed by atoms with Crippen molar-refractivity contribution >= 4 is 5.78 Å². The minimum absolute atomic E-state index is 0.0535. The first kappa shape index (κ1) is 14.3. The number of allylic oxidation sites excluding steroid dienone is 8. The van der Waals surface area contributed by atoms with Gasteiger partial charge in [-0.3, -0.25) is 4.79 Å². The average molecular weight is 264 g/mol. The van der Waals surface area contributed by atoms with Crippen LogP contribution in [0.5, 0.6) is 0 Å². The Hall–Kier alpha value is -2.15. The van der Waals surface area contributed by atoms with Gasteiger partial charge in [-0.05, 0) is 18.9 Å². The highest BCUT2D eigenvalue weighted by Gasteiger charge is 2.20. The van der Waals surface area contributed by atoms with Crippen molar-refractivity contribution in [3.05, 3.63) is 84.5 Å². The van der Waals surface area contributed by atoms with E-state index in [0.717, 1.165) is 18.4 Å². The maximum Gasteiger partial charge on any atom is 0.185 e. The fourth-order valence-corrected chi connectivity index (χ4v) is 2.22. The third-order valence-electron chi connectivity index (χ3n) is 3.39. The molecular weight excluding hydrogens is 244 g/mol. The van der Waals surface area contributed by atoms with E-state index >= 15 is 0 Å². The molecule has 1 atom stereocenters. The quantitative estimate of drug-likeness (QED) is 0.420. The number of carbonyl (C=O) groups excluding carboxylic acids is 1. The summed E-state index contributed by atoms with van der Waals surface area (Å²) in [4.78, 5) is 12.2. The first-order chi connectivity index (χ1) is 9.76. The van der Waals surface area contributed by atoms with E-state index in [4.69, 9.17) is 0 Å². The Morgan fingerprint density at radius 2 is 2.00 bits per heavy atom. The van der Waals surface area contributed by atoms with Crippen molar-refractivity contribution in [2.45, 2.75) is 19.8 Å². The lowest BCUT2D eigenvalue weighted by Crippen LogP contribution is -2.13. The smallest absolute Gasteiger partial charge is 0.185 e. The standard InChI is InChI=1S/C19H20O/c1-2-3-13-19(14-8-5-9-15-19)16-12-18(20)17-10-6-4-7-11-17/h3-14,16H,2,15H2,1H3. The topological polar surface area (TPSA) is 17.1 Å². The summed E-state index contributed by atoms with van der Waals surface area (Å²) in [6.07, 6.45) is 18.3. The summed E-state index contributed by atoms with van der Waals surface area (Å²) in [7, 11) is 0. The molecule has 2 rings (SSSR count). The lowest BCUT2D eigenvalue weighted by atomic mass is 9.80. The molecule has 1 heteroatoms. The number of benzene rings is 1. The monoisotopic (exact) mass is 264 g/mol. The number of rotatable bonds is 5. The molecule has 0 heterocycles. The van der Waals surface area contributed by atoms with Crippen molar-refractivity contribution in [1.29, 1.82) is 0 Å². The zero-order valence-corrected chi connectivity index (χ0v) is 11.8. The normalized spacial score (nSPS) is 21.9. The van der Waals surface area contributed by atoms with E-state index in [9.17, 15) is 4.79 Å². The molecule has 1 nitrogen and oxygen atoms in total. The SMILES string of the molecule is CCC=CC1(C=CC(=O)c2ccccc2)C=CC=CC1. The maximum absolute atomic E-state index is 12.2. The van der Waals surface area contributed by atoms with Gasteiger partial charge in [0.1, 0.15) is 0 Å². The molecule has 0 radical (unpaired) electrons. The predicted octanol–water partition coefficient (Wildman–Crippen LogP) is 4.89. The molecule has 1 aromatic carbocycles. The Morgan fingerprint density at radius 3 is 2.65 bits per heavy atom. The predicted molar refractivity (Wildman–Crippen MR) is 84.7 cm³/mol. The van der Waals surface area contributed by atoms with Crippen molar-refractivity contribution in [3.8, 4) is 0 Å². The van der Waals surface area contributed by atoms with E-state index < -0.39 is 0 Å². The fraction of sp³-hybridized carbons (Fsp3) is 0.211. The van der Waals surface area contributed by atoms with Crippen molar-refractivity contribution in [2.75, 3.05) is 0 Å². The van der Waals surface area contributed by atoms with Crippen LogP contribution in [0, 0.1) is 5.41 Å². The molecule has 0 amide bonds. The van der Waals surface area contributed by atoms with Gasteiger partial charge in [0, 0.05) is 11.0 Å². The molecule has 0 spiro atoms. The molecule has 0 aromatic heterocycles. The second-order valence-corrected chi connectivity index (χ2v) is 4.98. The van der Waals surface area contributed by atoms with Crippen LogP contribution in [0.25, 0.3) is 0 Å². The number of hydrogen-bond acceptors (Lipinski definition) is 1. The molecule has 0 fully saturated rings. The van der Waals surface area contributed by atoms with E-state index in [0.29, 0.717) is 0 Å². The Labute approximate surface area is 121 Å². The number of ketones is 1. The minimum Gasteiger partial charge on any atom is -0.289 e. The summed E-state index contributed by atoms with van der Waals surface area (Å²) in [6.45, 7) is 2.12. The lowest BCUT2D eigenvalue weighted by Gasteiger charge is -2.23. The third-order valence-corrected chi connectivity index (χ3v) is 3.39. The second-order valence-electron chi connectivity index (χ2n) is 4.98. The van der Waals surface area contributed by atoms with Gasteiger partial charge >= 0.3 is 0 Å². The number of carbonyl (C=O) groups is 1. The molecule has 0 N–H and O–H groups in total. The van der Waals surface area contributed by atoms with Crippen LogP contribution in [0.3, 0.4) is 0 Å². The van der Waals surface area contributed by atoms with Gasteiger partial charge in [0.05, 0.1) is 0 Å². The van der Waals surface area contributed by atoms with Crippen LogP contribution in [0.4, 0.5) is 0 Å². The summed E-state index contributed by atoms with van der Waals surface area (Å²) >= 11 is 0. The van der Waals surface area contributed by atoms with Crippen LogP contribution < -0.4 is 0 Å². The van der Waals surface area contributed by atoms with Gasteiger partial charge in [0.25, 0.3) is 0 Å². The molecule has 0 aliphatic heterocycles. The molecule has 20 heavy (non-hydrogen) atoms. The third kappa shape index (κ3) is 3.67. The van der Waals surface area contributed by atoms with Crippen LogP contribution in [0.1, 0.15) is 30.1 Å². The largest absolute Gasteiger partial charge is 0.289 e. The van der Waals surface area contributed by atoms with Gasteiger partial charge in [0.15, 0.2) is 5.78 Å². The maximum atomic E-state index is 12.2. The van der Waals surface area contributed by atoms with Crippen molar-refractivity contribution in [2.24, 2.45) is 5.41 Å². The van der Waals surface area contributed by atoms with Crippen LogP contribution in [-0.4, -0.2) is 5.78 Å². The Balaban J connectivity index is 2.18. The first-order valence-corrected chi connectivity index (χ1v) is 7.06. The van der Waals surface area contributed by atoms with E-state index in [1.54, 1.807) is 6.08 Å². The van der Waals surface area contributed by atoms with Gasteiger partial charge in [-0.2, -0.15) is 0 Å². The van der Waals surface area contributed by atoms with Crippen LogP contribution >= 0.6 is 0 Å². The zero-order valence-electron chi connectivity index (χ0n) is 11.8. The highest BCUT2D eigenvalue weighted by molar-refractivity contribution is 6.04. The van der Waals surface area contributed by atoms with Gasteiger partial charge < -0.3 is 0 Å². The van der Waals surface area contributed by atoms with Crippen LogP contribution in [0.15, 0.2) is 78.9 Å². The molecule has 1 aliphatic rings. The second kappa shape index (κ2) is 6.85. The Kier molecular flexibility index (Phi) is 4.89. The molecule has 1 aromatic rings. The van der Waals surface area contributed by atoms with E-state index in [-0.39, 0.29) is 11.2 Å². The Morgan fingerprint density at radius 1 is 1.20 bits per heavy atom. The molecule has 1 unspecified atom stereocenters. The highest BCUT2D eigenvalue weighted by Crippen LogP contribution is 2.31. The summed E-state index contributed by atoms with van der Waals surface area (Å²) < 4.78 is 0. The van der Waals surface area contributed by atoms with Gasteiger partial charge in [-0.1, -0.05) is 79.8 Å². The van der Waals surface area contributed by atoms with Gasteiger partial charge in [0.2, 0.25) is 0 Å². The summed E-state index contributed by atoms with van der Waals surface area (Å²) in [5, 5.41) is 0. The van der Waals surface area contributed by atoms with E-state index in [1.807, 2.05) is 48.6 Å². The van der Waals surface area contributed by atoms with Crippen molar-refractivity contribution < 1.29 is 4.79 Å². The Bertz CT molecular complexity index is 561. The minimum atomic E-state index is -0.158. The summed E-state index contributed by atoms with van der Waals surface area (Å²) in [5.41, 5.74) is 0.573. The average Bonchev–Trinajstić information content (AvgIpc) is 2.52. The highest BCUT2D eigenvalue weighted by atomic mass is 16.1. The molecule has 1 aliphatic carbocycles. The summed E-state index contributed by atoms with van der Waals surface area (Å²) in [5.74, 6) is 0.0535. The molecule has 102 valence electrons. The number of hydrogen-bond donors (Lipinski definition) is 0. The van der Waals surface area contributed by atoms with Crippen molar-refractivity contribution in [1.82, 2.24) is 0 Å². The van der Waals surface area contributed by atoms with Crippen LogP contribution in [-0.2, 0) is 0 Å². The van der Waals surface area contributed by atoms with E-state index in [1.165, 1.54) is 0 Å².